The van der Waals surface area contributed by atoms with Gasteiger partial charge in [0.1, 0.15) is 0 Å². The molecule has 1 aliphatic heterocycles. The molecule has 0 saturated carbocycles. The Morgan fingerprint density at radius 1 is 0.955 bits per heavy atom. The Morgan fingerprint density at radius 3 is 2.73 bits per heavy atom. The minimum Gasteiger partial charge on any atom is -0.319 e. The molecule has 0 spiro atoms. The summed E-state index contributed by atoms with van der Waals surface area (Å²) in [6.45, 7) is 0.596. The minimum atomic E-state index is -0.820. The first-order valence-corrected chi connectivity index (χ1v) is 7.18. The highest BCUT2D eigenvalue weighted by Crippen LogP contribution is 2.31. The quantitative estimate of drug-likeness (QED) is 0.719. The van der Waals surface area contributed by atoms with Crippen LogP contribution in [0.25, 0.3) is 5.69 Å². The Morgan fingerprint density at radius 2 is 1.82 bits per heavy atom. The van der Waals surface area contributed by atoms with Crippen LogP contribution in [0.3, 0.4) is 0 Å². The predicted octanol–water partition coefficient (Wildman–Crippen LogP) is 3.95. The fraction of sp³-hybridized carbons (Fsp3) is 0.111. The molecule has 0 unspecified atom stereocenters. The summed E-state index contributed by atoms with van der Waals surface area (Å²) in [6, 6.07) is 15.8. The molecule has 1 aromatic heterocycles. The average Bonchev–Trinajstić information content (AvgIpc) is 2.96. The minimum absolute atomic E-state index is 0.327. The van der Waals surface area contributed by atoms with Crippen molar-refractivity contribution in [1.82, 2.24) is 9.88 Å². The van der Waals surface area contributed by atoms with Gasteiger partial charge in [-0.25, -0.2) is 8.78 Å². The van der Waals surface area contributed by atoms with Gasteiger partial charge in [0.25, 0.3) is 0 Å². The number of hydrogen-bond acceptors (Lipinski definition) is 1. The van der Waals surface area contributed by atoms with Crippen LogP contribution in [-0.4, -0.2) is 4.57 Å². The molecule has 2 heterocycles. The van der Waals surface area contributed by atoms with E-state index in [0.29, 0.717) is 12.1 Å². The van der Waals surface area contributed by atoms with E-state index < -0.39 is 17.7 Å². The van der Waals surface area contributed by atoms with E-state index in [9.17, 15) is 8.78 Å². The zero-order chi connectivity index (χ0) is 15.1. The summed E-state index contributed by atoms with van der Waals surface area (Å²) in [5, 5.41) is 3.34. The van der Waals surface area contributed by atoms with Crippen LogP contribution in [0.15, 0.2) is 60.8 Å². The topological polar surface area (TPSA) is 17.0 Å². The van der Waals surface area contributed by atoms with Crippen LogP contribution in [0.4, 0.5) is 8.78 Å². The zero-order valence-electron chi connectivity index (χ0n) is 11.8. The lowest BCUT2D eigenvalue weighted by Crippen LogP contribution is -2.22. The molecule has 2 nitrogen and oxygen atoms in total. The molecule has 2 aromatic carbocycles. The molecule has 0 saturated heterocycles. The lowest BCUT2D eigenvalue weighted by molar-refractivity contribution is 0.479. The number of halogens is 2. The van der Waals surface area contributed by atoms with Gasteiger partial charge >= 0.3 is 0 Å². The molecule has 110 valence electrons. The molecule has 22 heavy (non-hydrogen) atoms. The average molecular weight is 296 g/mol. The smallest absolute Gasteiger partial charge is 0.163 e. The second-order valence-electron chi connectivity index (χ2n) is 5.39. The molecule has 1 atom stereocenters. The lowest BCUT2D eigenvalue weighted by atomic mass is 10.0. The van der Waals surface area contributed by atoms with E-state index in [0.717, 1.165) is 23.0 Å². The third-order valence-electron chi connectivity index (χ3n) is 4.12. The molecule has 1 N–H and O–H groups in total. The number of aromatic nitrogens is 1. The fourth-order valence-electron chi connectivity index (χ4n) is 3.07. The summed E-state index contributed by atoms with van der Waals surface area (Å²) in [4.78, 5) is 0. The Bertz CT molecular complexity index is 839. The highest BCUT2D eigenvalue weighted by Gasteiger charge is 2.25. The molecule has 3 aromatic rings. The molecular weight excluding hydrogens is 282 g/mol. The molecule has 0 bridgehead atoms. The van der Waals surface area contributed by atoms with Crippen LogP contribution in [0.2, 0.25) is 0 Å². The largest absolute Gasteiger partial charge is 0.319 e. The van der Waals surface area contributed by atoms with Gasteiger partial charge in [0.05, 0.1) is 6.04 Å². The van der Waals surface area contributed by atoms with E-state index in [2.05, 4.69) is 5.32 Å². The molecule has 4 heteroatoms. The molecule has 0 radical (unpaired) electrons. The van der Waals surface area contributed by atoms with E-state index in [1.807, 2.05) is 47.2 Å². The Balaban J connectivity index is 1.90. The zero-order valence-corrected chi connectivity index (χ0v) is 11.8. The number of rotatable bonds is 1. The van der Waals surface area contributed by atoms with E-state index in [1.165, 1.54) is 0 Å². The maximum absolute atomic E-state index is 14.2. The Kier molecular flexibility index (Phi) is 3.05. The van der Waals surface area contributed by atoms with Gasteiger partial charge in [-0.3, -0.25) is 0 Å². The van der Waals surface area contributed by atoms with Gasteiger partial charge < -0.3 is 9.88 Å². The summed E-state index contributed by atoms with van der Waals surface area (Å²) in [7, 11) is 0. The summed E-state index contributed by atoms with van der Waals surface area (Å²) in [6.07, 6.45) is 1.95. The van der Waals surface area contributed by atoms with Crippen molar-refractivity contribution in [2.45, 2.75) is 12.6 Å². The molecule has 0 aliphatic carbocycles. The Hall–Kier alpha value is -2.46. The third kappa shape index (κ3) is 1.96. The van der Waals surface area contributed by atoms with E-state index in [4.69, 9.17) is 0 Å². The van der Waals surface area contributed by atoms with Gasteiger partial charge in [0, 0.05) is 29.7 Å². The summed E-state index contributed by atoms with van der Waals surface area (Å²) >= 11 is 0. The molecule has 4 rings (SSSR count). The molecule has 1 aliphatic rings. The van der Waals surface area contributed by atoms with Crippen molar-refractivity contribution in [2.24, 2.45) is 0 Å². The maximum Gasteiger partial charge on any atom is 0.163 e. The van der Waals surface area contributed by atoms with Crippen molar-refractivity contribution in [1.29, 1.82) is 0 Å². The number of nitrogens with zero attached hydrogens (tertiary/aromatic N) is 1. The van der Waals surface area contributed by atoms with Gasteiger partial charge in [-0.15, -0.1) is 0 Å². The lowest BCUT2D eigenvalue weighted by Gasteiger charge is -2.18. The number of hydrogen-bond donors (Lipinski definition) is 1. The van der Waals surface area contributed by atoms with E-state index >= 15 is 0 Å². The van der Waals surface area contributed by atoms with Crippen molar-refractivity contribution in [3.05, 3.63) is 89.2 Å². The summed E-state index contributed by atoms with van der Waals surface area (Å²) in [5.74, 6) is -1.61. The standard InChI is InChI=1S/C18H14F2N2/c19-14-7-3-6-13(17(14)20)18-16-9-4-10-22(16)15-8-2-1-5-12(15)11-21-18/h1-10,18,21H,11H2/t18-/m1/s1. The van der Waals surface area contributed by atoms with Gasteiger partial charge in [-0.05, 0) is 29.8 Å². The fourth-order valence-corrected chi connectivity index (χ4v) is 3.07. The van der Waals surface area contributed by atoms with Crippen molar-refractivity contribution in [2.75, 3.05) is 0 Å². The number of benzene rings is 2. The number of nitrogens with one attached hydrogen (secondary N) is 1. The summed E-state index contributed by atoms with van der Waals surface area (Å²) < 4.78 is 29.8. The highest BCUT2D eigenvalue weighted by molar-refractivity contribution is 5.46. The predicted molar refractivity (Wildman–Crippen MR) is 80.8 cm³/mol. The van der Waals surface area contributed by atoms with Crippen LogP contribution in [0.1, 0.15) is 22.9 Å². The van der Waals surface area contributed by atoms with Crippen molar-refractivity contribution in [3.8, 4) is 5.69 Å². The van der Waals surface area contributed by atoms with Gasteiger partial charge in [-0.2, -0.15) is 0 Å². The number of fused-ring (bicyclic) bond motifs is 3. The first-order chi connectivity index (χ1) is 10.8. The number of para-hydroxylation sites is 1. The van der Waals surface area contributed by atoms with E-state index in [-0.39, 0.29) is 0 Å². The summed E-state index contributed by atoms with van der Waals surface area (Å²) in [5.41, 5.74) is 3.41. The first-order valence-electron chi connectivity index (χ1n) is 7.18. The van der Waals surface area contributed by atoms with Gasteiger partial charge in [0.2, 0.25) is 0 Å². The van der Waals surface area contributed by atoms with Gasteiger partial charge in [0.15, 0.2) is 11.6 Å². The van der Waals surface area contributed by atoms with E-state index in [1.54, 1.807) is 12.1 Å². The van der Waals surface area contributed by atoms with Crippen LogP contribution >= 0.6 is 0 Å². The second-order valence-corrected chi connectivity index (χ2v) is 5.39. The SMILES string of the molecule is Fc1cccc([C@H]2NCc3ccccc3-n3cccc32)c1F. The van der Waals surface area contributed by atoms with Crippen LogP contribution in [0, 0.1) is 11.6 Å². The normalized spacial score (nSPS) is 16.7. The van der Waals surface area contributed by atoms with Crippen LogP contribution in [0.5, 0.6) is 0 Å². The van der Waals surface area contributed by atoms with Crippen LogP contribution in [-0.2, 0) is 6.54 Å². The second kappa shape index (κ2) is 5.07. The molecule has 0 amide bonds. The van der Waals surface area contributed by atoms with Crippen molar-refractivity contribution >= 4 is 0 Å². The van der Waals surface area contributed by atoms with Gasteiger partial charge in [-0.1, -0.05) is 30.3 Å². The maximum atomic E-state index is 14.2. The monoisotopic (exact) mass is 296 g/mol. The van der Waals surface area contributed by atoms with Crippen molar-refractivity contribution < 1.29 is 8.78 Å². The molecular formula is C18H14F2N2. The highest BCUT2D eigenvalue weighted by atomic mass is 19.2. The van der Waals surface area contributed by atoms with Crippen LogP contribution < -0.4 is 5.32 Å². The first kappa shape index (κ1) is 13.2. The van der Waals surface area contributed by atoms with Crippen molar-refractivity contribution in [3.63, 3.8) is 0 Å². The Labute approximate surface area is 127 Å². The third-order valence-corrected chi connectivity index (χ3v) is 4.12. The molecule has 0 fully saturated rings.